The average Bonchev–Trinajstić information content (AvgIpc) is 2.93. The topological polar surface area (TPSA) is 68.3 Å². The molecule has 41 heavy (non-hydrogen) atoms. The summed E-state index contributed by atoms with van der Waals surface area (Å²) in [6, 6.07) is 11.1. The molecule has 2 aromatic carbocycles. The van der Waals surface area contributed by atoms with Crippen LogP contribution in [0.25, 0.3) is 0 Å². The van der Waals surface area contributed by atoms with Gasteiger partial charge in [0.2, 0.25) is 5.91 Å². The maximum Gasteiger partial charge on any atom is 0.410 e. The first kappa shape index (κ1) is 31.4. The SMILES string of the molecule is CC(C)(C)OC(=O)N(Cc1ccc(Br)cc1F)C1CCC(C(=O)N2CCO[C@@H](COCc3ccccc3F)C2)CC1. The Morgan fingerprint density at radius 3 is 2.46 bits per heavy atom. The van der Waals surface area contributed by atoms with Crippen molar-refractivity contribution in [2.75, 3.05) is 26.3 Å². The molecule has 0 spiro atoms. The smallest absolute Gasteiger partial charge is 0.410 e. The molecule has 0 N–H and O–H groups in total. The standard InChI is InChI=1S/C31H39BrF2N2O5/c1-31(2,3)41-30(38)36(17-22-8-11-24(32)16-28(22)34)25-12-9-21(10-13-25)29(37)35-14-15-40-26(18-35)20-39-19-23-6-4-5-7-27(23)33/h4-8,11,16,21,25-26H,9-10,12-15,17-20H2,1-3H3/t21?,25?,26-/m1/s1. The van der Waals surface area contributed by atoms with E-state index in [1.165, 1.54) is 12.1 Å². The van der Waals surface area contributed by atoms with E-state index in [0.29, 0.717) is 61.0 Å². The third kappa shape index (κ3) is 8.96. The van der Waals surface area contributed by atoms with Crippen LogP contribution in [0.5, 0.6) is 0 Å². The Hall–Kier alpha value is -2.56. The summed E-state index contributed by atoms with van der Waals surface area (Å²) in [5.74, 6) is -0.781. The minimum absolute atomic E-state index is 0.0774. The second-order valence-corrected chi connectivity index (χ2v) is 12.6. The number of hydrogen-bond acceptors (Lipinski definition) is 5. The Morgan fingerprint density at radius 1 is 1.05 bits per heavy atom. The number of amides is 2. The lowest BCUT2D eigenvalue weighted by molar-refractivity contribution is -0.147. The van der Waals surface area contributed by atoms with Crippen molar-refractivity contribution in [2.24, 2.45) is 5.92 Å². The fraction of sp³-hybridized carbons (Fsp3) is 0.548. The van der Waals surface area contributed by atoms with Crippen LogP contribution in [0.15, 0.2) is 46.9 Å². The highest BCUT2D eigenvalue weighted by atomic mass is 79.9. The molecule has 1 aliphatic carbocycles. The van der Waals surface area contributed by atoms with Crippen LogP contribution >= 0.6 is 15.9 Å². The zero-order valence-corrected chi connectivity index (χ0v) is 25.5. The van der Waals surface area contributed by atoms with Crippen molar-refractivity contribution in [3.8, 4) is 0 Å². The summed E-state index contributed by atoms with van der Waals surface area (Å²) in [7, 11) is 0. The van der Waals surface area contributed by atoms with Crippen LogP contribution in [0.4, 0.5) is 13.6 Å². The number of carbonyl (C=O) groups excluding carboxylic acids is 2. The van der Waals surface area contributed by atoms with Gasteiger partial charge in [-0.1, -0.05) is 40.2 Å². The van der Waals surface area contributed by atoms with Crippen molar-refractivity contribution in [1.82, 2.24) is 9.80 Å². The molecule has 2 aliphatic rings. The highest BCUT2D eigenvalue weighted by Crippen LogP contribution is 2.32. The number of nitrogens with zero attached hydrogens (tertiary/aromatic N) is 2. The quantitative estimate of drug-likeness (QED) is 0.332. The lowest BCUT2D eigenvalue weighted by atomic mass is 9.84. The molecule has 0 aromatic heterocycles. The van der Waals surface area contributed by atoms with Gasteiger partial charge in [-0.3, -0.25) is 4.79 Å². The molecule has 2 amide bonds. The molecule has 2 fully saturated rings. The highest BCUT2D eigenvalue weighted by molar-refractivity contribution is 9.10. The van der Waals surface area contributed by atoms with Crippen LogP contribution in [0.2, 0.25) is 0 Å². The predicted molar refractivity (Wildman–Crippen MR) is 154 cm³/mol. The van der Waals surface area contributed by atoms with E-state index in [-0.39, 0.29) is 49.5 Å². The van der Waals surface area contributed by atoms with E-state index in [1.807, 2.05) is 4.90 Å². The minimum Gasteiger partial charge on any atom is -0.444 e. The summed E-state index contributed by atoms with van der Waals surface area (Å²) >= 11 is 3.28. The minimum atomic E-state index is -0.688. The molecule has 7 nitrogen and oxygen atoms in total. The number of morpholine rings is 1. The monoisotopic (exact) mass is 636 g/mol. The first-order valence-electron chi connectivity index (χ1n) is 14.1. The maximum absolute atomic E-state index is 14.7. The highest BCUT2D eigenvalue weighted by Gasteiger charge is 2.36. The molecule has 0 unspecified atom stereocenters. The van der Waals surface area contributed by atoms with Gasteiger partial charge in [0, 0.05) is 40.6 Å². The summed E-state index contributed by atoms with van der Waals surface area (Å²) < 4.78 is 46.3. The molecule has 1 saturated heterocycles. The van der Waals surface area contributed by atoms with Gasteiger partial charge in [-0.2, -0.15) is 0 Å². The number of halogens is 3. The molecule has 1 saturated carbocycles. The largest absolute Gasteiger partial charge is 0.444 e. The third-order valence-corrected chi connectivity index (χ3v) is 7.93. The van der Waals surface area contributed by atoms with Crippen molar-refractivity contribution in [3.05, 3.63) is 69.7 Å². The Kier molecular flexibility index (Phi) is 10.8. The summed E-state index contributed by atoms with van der Waals surface area (Å²) in [4.78, 5) is 30.0. The van der Waals surface area contributed by atoms with Crippen LogP contribution in [0.3, 0.4) is 0 Å². The molecular formula is C31H39BrF2N2O5. The van der Waals surface area contributed by atoms with Crippen LogP contribution in [-0.4, -0.2) is 65.9 Å². The molecule has 2 aromatic rings. The Bertz CT molecular complexity index is 1200. The molecule has 224 valence electrons. The normalized spacial score (nSPS) is 21.4. The number of hydrogen-bond donors (Lipinski definition) is 0. The fourth-order valence-corrected chi connectivity index (χ4v) is 5.66. The van der Waals surface area contributed by atoms with Gasteiger partial charge < -0.3 is 24.0 Å². The molecule has 1 aliphatic heterocycles. The van der Waals surface area contributed by atoms with Gasteiger partial charge in [-0.25, -0.2) is 13.6 Å². The summed E-state index contributed by atoms with van der Waals surface area (Å²) in [6.45, 7) is 7.26. The van der Waals surface area contributed by atoms with Crippen molar-refractivity contribution in [3.63, 3.8) is 0 Å². The van der Waals surface area contributed by atoms with Crippen LogP contribution in [0.1, 0.15) is 57.6 Å². The van der Waals surface area contributed by atoms with Crippen molar-refractivity contribution in [1.29, 1.82) is 0 Å². The summed E-state index contributed by atoms with van der Waals surface area (Å²) in [5.41, 5.74) is 0.206. The van der Waals surface area contributed by atoms with Crippen molar-refractivity contribution < 1.29 is 32.6 Å². The summed E-state index contributed by atoms with van der Waals surface area (Å²) in [5, 5.41) is 0. The van der Waals surface area contributed by atoms with Crippen LogP contribution in [-0.2, 0) is 32.2 Å². The Balaban J connectivity index is 1.32. The number of ether oxygens (including phenoxy) is 3. The Labute approximate surface area is 249 Å². The van der Waals surface area contributed by atoms with Gasteiger partial charge in [-0.15, -0.1) is 0 Å². The van der Waals surface area contributed by atoms with E-state index in [1.54, 1.807) is 56.0 Å². The lowest BCUT2D eigenvalue weighted by Crippen LogP contribution is -2.50. The first-order valence-corrected chi connectivity index (χ1v) is 14.9. The molecule has 10 heteroatoms. The average molecular weight is 638 g/mol. The zero-order chi connectivity index (χ0) is 29.6. The Morgan fingerprint density at radius 2 is 1.78 bits per heavy atom. The number of rotatable bonds is 8. The molecule has 4 rings (SSSR count). The van der Waals surface area contributed by atoms with E-state index in [9.17, 15) is 18.4 Å². The van der Waals surface area contributed by atoms with Gasteiger partial charge in [0.25, 0.3) is 0 Å². The van der Waals surface area contributed by atoms with Crippen LogP contribution < -0.4 is 0 Å². The van der Waals surface area contributed by atoms with E-state index >= 15 is 0 Å². The van der Waals surface area contributed by atoms with Gasteiger partial charge in [-0.05, 0) is 64.7 Å². The zero-order valence-electron chi connectivity index (χ0n) is 23.9. The van der Waals surface area contributed by atoms with Crippen LogP contribution in [0, 0.1) is 17.6 Å². The fourth-order valence-electron chi connectivity index (χ4n) is 5.33. The lowest BCUT2D eigenvalue weighted by Gasteiger charge is -2.39. The second kappa shape index (κ2) is 14.1. The first-order chi connectivity index (χ1) is 19.5. The number of carbonyl (C=O) groups is 2. The molecule has 1 heterocycles. The third-order valence-electron chi connectivity index (χ3n) is 7.44. The molecular weight excluding hydrogens is 598 g/mol. The van der Waals surface area contributed by atoms with E-state index < -0.39 is 17.5 Å². The van der Waals surface area contributed by atoms with Gasteiger partial charge >= 0.3 is 6.09 Å². The second-order valence-electron chi connectivity index (χ2n) is 11.7. The molecule has 0 bridgehead atoms. The molecule has 0 radical (unpaired) electrons. The van der Waals surface area contributed by atoms with Crippen molar-refractivity contribution in [2.45, 2.75) is 77.4 Å². The van der Waals surface area contributed by atoms with Gasteiger partial charge in [0.1, 0.15) is 17.2 Å². The van der Waals surface area contributed by atoms with Crippen molar-refractivity contribution >= 4 is 27.9 Å². The number of benzene rings is 2. The van der Waals surface area contributed by atoms with E-state index in [2.05, 4.69) is 15.9 Å². The summed E-state index contributed by atoms with van der Waals surface area (Å²) in [6.07, 6.45) is 1.72. The molecule has 1 atom stereocenters. The van der Waals surface area contributed by atoms with E-state index in [0.717, 1.165) is 0 Å². The van der Waals surface area contributed by atoms with E-state index in [4.69, 9.17) is 14.2 Å². The predicted octanol–water partition coefficient (Wildman–Crippen LogP) is 6.47. The maximum atomic E-state index is 14.7. The van der Waals surface area contributed by atoms with Gasteiger partial charge in [0.05, 0.1) is 32.5 Å². The van der Waals surface area contributed by atoms with Gasteiger partial charge in [0.15, 0.2) is 0 Å².